The lowest BCUT2D eigenvalue weighted by molar-refractivity contribution is -0.0586. The molecule has 1 saturated heterocycles. The molecular weight excluding hydrogens is 294 g/mol. The Morgan fingerprint density at radius 2 is 2.19 bits per heavy atom. The highest BCUT2D eigenvalue weighted by molar-refractivity contribution is 7.89. The van der Waals surface area contributed by atoms with Crippen LogP contribution >= 0.6 is 0 Å². The van der Waals surface area contributed by atoms with Crippen LogP contribution in [0.1, 0.15) is 37.1 Å². The van der Waals surface area contributed by atoms with Gasteiger partial charge in [0.05, 0.1) is 31.1 Å². The molecule has 0 amide bonds. The van der Waals surface area contributed by atoms with Crippen molar-refractivity contribution in [2.75, 3.05) is 13.2 Å². The fourth-order valence-corrected chi connectivity index (χ4v) is 5.38. The number of hydrogen-bond acceptors (Lipinski definition) is 5. The lowest BCUT2D eigenvalue weighted by atomic mass is 9.91. The number of aliphatic hydroxyl groups is 1. The Morgan fingerprint density at radius 1 is 1.43 bits per heavy atom. The highest BCUT2D eigenvalue weighted by atomic mass is 32.2. The van der Waals surface area contributed by atoms with Gasteiger partial charge in [-0.3, -0.25) is 5.10 Å². The number of aromatic nitrogens is 2. The van der Waals surface area contributed by atoms with Crippen LogP contribution in [0, 0.1) is 6.92 Å². The zero-order valence-electron chi connectivity index (χ0n) is 12.1. The molecule has 1 aliphatic carbocycles. The molecule has 7 nitrogen and oxygen atoms in total. The zero-order chi connectivity index (χ0) is 15.0. The Hall–Kier alpha value is -0.960. The van der Waals surface area contributed by atoms with E-state index in [-0.39, 0.29) is 22.7 Å². The van der Waals surface area contributed by atoms with E-state index in [1.807, 2.05) is 0 Å². The maximum atomic E-state index is 13.0. The number of sulfonamides is 1. The first-order valence-electron chi connectivity index (χ1n) is 7.34. The monoisotopic (exact) mass is 315 g/mol. The van der Waals surface area contributed by atoms with Crippen LogP contribution in [0.25, 0.3) is 0 Å². The quantitative estimate of drug-likeness (QED) is 0.849. The normalized spacial score (nSPS) is 27.5. The minimum atomic E-state index is -3.66. The zero-order valence-corrected chi connectivity index (χ0v) is 12.9. The van der Waals surface area contributed by atoms with E-state index in [0.717, 1.165) is 25.7 Å². The molecule has 2 heterocycles. The van der Waals surface area contributed by atoms with Gasteiger partial charge in [0, 0.05) is 6.54 Å². The van der Waals surface area contributed by atoms with E-state index in [0.29, 0.717) is 18.8 Å². The minimum absolute atomic E-state index is 0.00735. The van der Waals surface area contributed by atoms with E-state index < -0.39 is 16.6 Å². The molecule has 3 rings (SSSR count). The molecule has 1 saturated carbocycles. The number of H-pyrrole nitrogens is 1. The fraction of sp³-hybridized carbons (Fsp3) is 0.769. The topological polar surface area (TPSA) is 95.5 Å². The Bertz CT molecular complexity index is 611. The second kappa shape index (κ2) is 5.68. The molecule has 1 aromatic rings. The Kier molecular flexibility index (Phi) is 4.04. The fourth-order valence-electron chi connectivity index (χ4n) is 3.40. The molecule has 1 aromatic heterocycles. The molecule has 0 radical (unpaired) electrons. The Morgan fingerprint density at radius 3 is 2.95 bits per heavy atom. The summed E-state index contributed by atoms with van der Waals surface area (Å²) in [7, 11) is -3.66. The smallest absolute Gasteiger partial charge is 0.247 e. The van der Waals surface area contributed by atoms with E-state index in [9.17, 15) is 13.5 Å². The van der Waals surface area contributed by atoms with E-state index in [1.54, 1.807) is 11.2 Å². The number of hydrogen-bond donors (Lipinski definition) is 2. The minimum Gasteiger partial charge on any atom is -0.390 e. The van der Waals surface area contributed by atoms with Crippen molar-refractivity contribution < 1.29 is 18.3 Å². The maximum Gasteiger partial charge on any atom is 0.247 e. The van der Waals surface area contributed by atoms with Crippen molar-refractivity contribution in [3.05, 3.63) is 11.4 Å². The second-order valence-corrected chi connectivity index (χ2v) is 7.49. The summed E-state index contributed by atoms with van der Waals surface area (Å²) in [5.41, 5.74) is 0.657. The first kappa shape index (κ1) is 15.0. The van der Waals surface area contributed by atoms with Crippen molar-refractivity contribution in [3.8, 4) is 0 Å². The van der Waals surface area contributed by atoms with Crippen LogP contribution in [-0.2, 0) is 21.4 Å². The average Bonchev–Trinajstić information content (AvgIpc) is 2.88. The van der Waals surface area contributed by atoms with Gasteiger partial charge in [-0.25, -0.2) is 8.42 Å². The van der Waals surface area contributed by atoms with Crippen LogP contribution < -0.4 is 0 Å². The Balaban J connectivity index is 1.98. The molecule has 21 heavy (non-hydrogen) atoms. The number of ether oxygens (including phenoxy) is 1. The van der Waals surface area contributed by atoms with Crippen molar-refractivity contribution in [1.29, 1.82) is 0 Å². The number of nitrogens with zero attached hydrogens (tertiary/aromatic N) is 2. The molecular formula is C13H21N3O4S. The predicted octanol–water partition coefficient (Wildman–Crippen LogP) is 0.543. The summed E-state index contributed by atoms with van der Waals surface area (Å²) in [5.74, 6) is 0. The van der Waals surface area contributed by atoms with Crippen LogP contribution in [0.2, 0.25) is 0 Å². The number of morpholine rings is 1. The molecule has 0 aromatic carbocycles. The van der Waals surface area contributed by atoms with Gasteiger partial charge < -0.3 is 9.84 Å². The maximum absolute atomic E-state index is 13.0. The molecule has 2 unspecified atom stereocenters. The highest BCUT2D eigenvalue weighted by Crippen LogP contribution is 2.33. The molecule has 0 bridgehead atoms. The first-order valence-corrected chi connectivity index (χ1v) is 8.78. The van der Waals surface area contributed by atoms with Gasteiger partial charge in [0.2, 0.25) is 10.0 Å². The van der Waals surface area contributed by atoms with E-state index >= 15 is 0 Å². The summed E-state index contributed by atoms with van der Waals surface area (Å²) in [6.07, 6.45) is 3.84. The number of nitrogens with one attached hydrogen (secondary N) is 1. The third kappa shape index (κ3) is 2.50. The standard InChI is InChI=1S/C13H21N3O4S/c1-9-13(10(8-17)15-14-9)21(18,19)16-6-7-20-12-5-3-2-4-11(12)16/h11-12,17H,2-8H2,1H3,(H,14,15). The van der Waals surface area contributed by atoms with Gasteiger partial charge >= 0.3 is 0 Å². The van der Waals surface area contributed by atoms with Crippen molar-refractivity contribution in [1.82, 2.24) is 14.5 Å². The van der Waals surface area contributed by atoms with Gasteiger partial charge in [0.15, 0.2) is 0 Å². The number of aliphatic hydroxyl groups excluding tert-OH is 1. The molecule has 2 fully saturated rings. The number of fused-ring (bicyclic) bond motifs is 1. The summed E-state index contributed by atoms with van der Waals surface area (Å²) < 4.78 is 33.3. The third-order valence-electron chi connectivity index (χ3n) is 4.36. The lowest BCUT2D eigenvalue weighted by Gasteiger charge is -2.42. The first-order chi connectivity index (χ1) is 10.1. The number of aromatic amines is 1. The number of aryl methyl sites for hydroxylation is 1. The lowest BCUT2D eigenvalue weighted by Crippen LogP contribution is -2.54. The van der Waals surface area contributed by atoms with Crippen LogP contribution in [0.4, 0.5) is 0 Å². The third-order valence-corrected chi connectivity index (χ3v) is 6.49. The summed E-state index contributed by atoms with van der Waals surface area (Å²) >= 11 is 0. The molecule has 1 aliphatic heterocycles. The highest BCUT2D eigenvalue weighted by Gasteiger charge is 2.42. The predicted molar refractivity (Wildman–Crippen MR) is 75.1 cm³/mol. The van der Waals surface area contributed by atoms with Crippen molar-refractivity contribution in [3.63, 3.8) is 0 Å². The summed E-state index contributed by atoms with van der Waals surface area (Å²) in [4.78, 5) is 0.122. The van der Waals surface area contributed by atoms with E-state index in [4.69, 9.17) is 4.74 Å². The van der Waals surface area contributed by atoms with Gasteiger partial charge in [-0.05, 0) is 19.8 Å². The van der Waals surface area contributed by atoms with E-state index in [2.05, 4.69) is 10.2 Å². The van der Waals surface area contributed by atoms with Gasteiger partial charge in [0.25, 0.3) is 0 Å². The summed E-state index contributed by atoms with van der Waals surface area (Å²) in [5, 5.41) is 15.9. The molecule has 2 N–H and O–H groups in total. The van der Waals surface area contributed by atoms with Crippen LogP contribution in [0.15, 0.2) is 4.90 Å². The van der Waals surface area contributed by atoms with Crippen molar-refractivity contribution in [2.45, 2.75) is 56.3 Å². The molecule has 8 heteroatoms. The van der Waals surface area contributed by atoms with Crippen LogP contribution in [0.5, 0.6) is 0 Å². The summed E-state index contributed by atoms with van der Waals surface area (Å²) in [6.45, 7) is 2.06. The van der Waals surface area contributed by atoms with Gasteiger partial charge in [-0.1, -0.05) is 12.8 Å². The van der Waals surface area contributed by atoms with Crippen LogP contribution in [0.3, 0.4) is 0 Å². The molecule has 118 valence electrons. The SMILES string of the molecule is Cc1[nH]nc(CO)c1S(=O)(=O)N1CCOC2CCCCC21. The van der Waals surface area contributed by atoms with Gasteiger partial charge in [-0.15, -0.1) is 0 Å². The Labute approximate surface area is 124 Å². The average molecular weight is 315 g/mol. The van der Waals surface area contributed by atoms with Crippen molar-refractivity contribution in [2.24, 2.45) is 0 Å². The van der Waals surface area contributed by atoms with E-state index in [1.165, 1.54) is 0 Å². The summed E-state index contributed by atoms with van der Waals surface area (Å²) in [6, 6.07) is -0.0988. The second-order valence-electron chi connectivity index (χ2n) is 5.66. The number of rotatable bonds is 3. The largest absolute Gasteiger partial charge is 0.390 e. The van der Waals surface area contributed by atoms with Crippen LogP contribution in [-0.4, -0.2) is 53.3 Å². The van der Waals surface area contributed by atoms with Crippen molar-refractivity contribution >= 4 is 10.0 Å². The molecule has 2 atom stereocenters. The molecule has 2 aliphatic rings. The van der Waals surface area contributed by atoms with Gasteiger partial charge in [0.1, 0.15) is 10.6 Å². The van der Waals surface area contributed by atoms with Gasteiger partial charge in [-0.2, -0.15) is 9.40 Å². The molecule has 0 spiro atoms.